The van der Waals surface area contributed by atoms with E-state index in [4.69, 9.17) is 16.3 Å². The van der Waals surface area contributed by atoms with Crippen molar-refractivity contribution >= 4 is 29.1 Å². The second-order valence-corrected chi connectivity index (χ2v) is 6.32. The van der Waals surface area contributed by atoms with Gasteiger partial charge in [-0.15, -0.1) is 5.10 Å². The Morgan fingerprint density at radius 1 is 1.14 bits per heavy atom. The zero-order chi connectivity index (χ0) is 19.7. The van der Waals surface area contributed by atoms with Crippen LogP contribution in [0.2, 0.25) is 5.02 Å². The van der Waals surface area contributed by atoms with Crippen molar-refractivity contribution in [2.45, 2.75) is 0 Å². The van der Waals surface area contributed by atoms with Crippen LogP contribution in [-0.2, 0) is 0 Å². The van der Waals surface area contributed by atoms with E-state index in [1.54, 1.807) is 55.6 Å². The molecule has 9 heteroatoms. The summed E-state index contributed by atoms with van der Waals surface area (Å²) in [6.45, 7) is 0. The van der Waals surface area contributed by atoms with Gasteiger partial charge in [-0.1, -0.05) is 11.6 Å². The highest BCUT2D eigenvalue weighted by Gasteiger charge is 2.14. The van der Waals surface area contributed by atoms with E-state index >= 15 is 0 Å². The lowest BCUT2D eigenvalue weighted by Crippen LogP contribution is -2.18. The summed E-state index contributed by atoms with van der Waals surface area (Å²) in [7, 11) is 1.58. The van der Waals surface area contributed by atoms with Crippen LogP contribution in [0.4, 0.5) is 5.82 Å². The monoisotopic (exact) mass is 395 g/mol. The predicted molar refractivity (Wildman–Crippen MR) is 105 cm³/mol. The number of amides is 1. The minimum Gasteiger partial charge on any atom is -0.497 e. The van der Waals surface area contributed by atoms with Gasteiger partial charge in [-0.05, 0) is 48.5 Å². The average molecular weight is 396 g/mol. The molecule has 0 unspecified atom stereocenters. The molecule has 0 fully saturated rings. The Labute approximate surface area is 163 Å². The first-order valence-electron chi connectivity index (χ1n) is 8.25. The number of aromatic nitrogens is 4. The fraction of sp³-hybridized carbons (Fsp3) is 0.0526. The minimum atomic E-state index is -0.410. The summed E-state index contributed by atoms with van der Waals surface area (Å²) in [5.74, 6) is 1.11. The third-order valence-corrected chi connectivity index (χ3v) is 4.29. The van der Waals surface area contributed by atoms with Crippen LogP contribution in [0.15, 0.2) is 59.4 Å². The van der Waals surface area contributed by atoms with Crippen LogP contribution < -0.4 is 15.6 Å². The Hall–Kier alpha value is -3.65. The second-order valence-electron chi connectivity index (χ2n) is 5.88. The lowest BCUT2D eigenvalue weighted by Gasteiger charge is -2.06. The summed E-state index contributed by atoms with van der Waals surface area (Å²) in [6.07, 6.45) is 0. The quantitative estimate of drug-likeness (QED) is 0.553. The molecule has 0 saturated heterocycles. The molecule has 0 spiro atoms. The molecular weight excluding hydrogens is 382 g/mol. The Balaban J connectivity index is 1.71. The SMILES string of the molecule is COc1ccc(-c2nc3[nH]c(=O)cc(NC(=O)c4ccc(Cl)cc4)n3n2)cc1. The molecule has 0 atom stereocenters. The minimum absolute atomic E-state index is 0.200. The average Bonchev–Trinajstić information content (AvgIpc) is 3.12. The largest absolute Gasteiger partial charge is 0.497 e. The first kappa shape index (κ1) is 17.7. The summed E-state index contributed by atoms with van der Waals surface area (Å²) >= 11 is 5.85. The van der Waals surface area contributed by atoms with Crippen LogP contribution in [0.5, 0.6) is 5.75 Å². The number of fused-ring (bicyclic) bond motifs is 1. The number of carbonyl (C=O) groups is 1. The Morgan fingerprint density at radius 2 is 1.86 bits per heavy atom. The smallest absolute Gasteiger partial charge is 0.256 e. The van der Waals surface area contributed by atoms with Gasteiger partial charge in [0.25, 0.3) is 11.5 Å². The van der Waals surface area contributed by atoms with Crippen LogP contribution in [-0.4, -0.2) is 32.6 Å². The van der Waals surface area contributed by atoms with Gasteiger partial charge in [0.2, 0.25) is 5.78 Å². The van der Waals surface area contributed by atoms with Gasteiger partial charge in [-0.25, -0.2) is 0 Å². The number of anilines is 1. The van der Waals surface area contributed by atoms with Crippen molar-refractivity contribution in [3.05, 3.63) is 75.5 Å². The molecular formula is C19H14ClN5O3. The number of carbonyl (C=O) groups excluding carboxylic acids is 1. The van der Waals surface area contributed by atoms with Gasteiger partial charge in [0.1, 0.15) is 11.6 Å². The van der Waals surface area contributed by atoms with E-state index < -0.39 is 11.5 Å². The molecule has 2 N–H and O–H groups in total. The van der Waals surface area contributed by atoms with Crippen LogP contribution in [0, 0.1) is 0 Å². The first-order valence-corrected chi connectivity index (χ1v) is 8.63. The van der Waals surface area contributed by atoms with Crippen LogP contribution in [0.1, 0.15) is 10.4 Å². The number of methoxy groups -OCH3 is 1. The predicted octanol–water partition coefficient (Wildman–Crippen LogP) is 3.00. The van der Waals surface area contributed by atoms with E-state index in [0.717, 1.165) is 5.56 Å². The molecule has 0 aliphatic carbocycles. The van der Waals surface area contributed by atoms with Crippen molar-refractivity contribution in [3.8, 4) is 17.1 Å². The van der Waals surface area contributed by atoms with Gasteiger partial charge in [-0.3, -0.25) is 14.6 Å². The molecule has 0 saturated carbocycles. The fourth-order valence-corrected chi connectivity index (χ4v) is 2.76. The number of benzene rings is 2. The lowest BCUT2D eigenvalue weighted by molar-refractivity contribution is 0.102. The van der Waals surface area contributed by atoms with Crippen LogP contribution in [0.3, 0.4) is 0 Å². The maximum atomic E-state index is 12.5. The number of ether oxygens (including phenoxy) is 1. The van der Waals surface area contributed by atoms with E-state index in [-0.39, 0.29) is 11.6 Å². The number of nitrogens with zero attached hydrogens (tertiary/aromatic N) is 3. The van der Waals surface area contributed by atoms with Crippen LogP contribution >= 0.6 is 11.6 Å². The van der Waals surface area contributed by atoms with E-state index in [9.17, 15) is 9.59 Å². The maximum Gasteiger partial charge on any atom is 0.256 e. The summed E-state index contributed by atoms with van der Waals surface area (Å²) < 4.78 is 6.51. The summed E-state index contributed by atoms with van der Waals surface area (Å²) in [4.78, 5) is 31.4. The second kappa shape index (κ2) is 7.16. The zero-order valence-electron chi connectivity index (χ0n) is 14.6. The van der Waals surface area contributed by atoms with Gasteiger partial charge < -0.3 is 10.1 Å². The normalized spacial score (nSPS) is 10.8. The topological polar surface area (TPSA) is 101 Å². The molecule has 140 valence electrons. The van der Waals surface area contributed by atoms with Crippen molar-refractivity contribution in [1.82, 2.24) is 19.6 Å². The molecule has 2 aromatic heterocycles. The van der Waals surface area contributed by atoms with Gasteiger partial charge in [-0.2, -0.15) is 9.50 Å². The molecule has 0 bridgehead atoms. The number of aromatic amines is 1. The number of rotatable bonds is 4. The van der Waals surface area contributed by atoms with Crippen molar-refractivity contribution in [3.63, 3.8) is 0 Å². The highest BCUT2D eigenvalue weighted by molar-refractivity contribution is 6.30. The van der Waals surface area contributed by atoms with Crippen molar-refractivity contribution in [2.75, 3.05) is 12.4 Å². The van der Waals surface area contributed by atoms with E-state index in [0.29, 0.717) is 22.2 Å². The van der Waals surface area contributed by atoms with Crippen molar-refractivity contribution in [1.29, 1.82) is 0 Å². The molecule has 0 aliphatic rings. The molecule has 0 radical (unpaired) electrons. The van der Waals surface area contributed by atoms with Crippen molar-refractivity contribution < 1.29 is 9.53 Å². The molecule has 4 rings (SSSR count). The first-order chi connectivity index (χ1) is 13.5. The number of H-pyrrole nitrogens is 1. The van der Waals surface area contributed by atoms with E-state index in [2.05, 4.69) is 20.4 Å². The highest BCUT2D eigenvalue weighted by Crippen LogP contribution is 2.20. The van der Waals surface area contributed by atoms with E-state index in [1.165, 1.54) is 10.6 Å². The lowest BCUT2D eigenvalue weighted by atomic mass is 10.2. The summed E-state index contributed by atoms with van der Waals surface area (Å²) in [5.41, 5.74) is 0.723. The molecule has 4 aromatic rings. The third-order valence-electron chi connectivity index (χ3n) is 4.03. The van der Waals surface area contributed by atoms with Gasteiger partial charge >= 0.3 is 0 Å². The zero-order valence-corrected chi connectivity index (χ0v) is 15.4. The maximum absolute atomic E-state index is 12.5. The Bertz CT molecular complexity index is 1210. The highest BCUT2D eigenvalue weighted by atomic mass is 35.5. The fourth-order valence-electron chi connectivity index (χ4n) is 2.63. The van der Waals surface area contributed by atoms with Gasteiger partial charge in [0.15, 0.2) is 5.82 Å². The molecule has 1 amide bonds. The number of hydrogen-bond acceptors (Lipinski definition) is 5. The Morgan fingerprint density at radius 3 is 2.54 bits per heavy atom. The Kier molecular flexibility index (Phi) is 4.54. The van der Waals surface area contributed by atoms with Gasteiger partial charge in [0.05, 0.1) is 7.11 Å². The molecule has 8 nitrogen and oxygen atoms in total. The van der Waals surface area contributed by atoms with Crippen molar-refractivity contribution in [2.24, 2.45) is 0 Å². The van der Waals surface area contributed by atoms with E-state index in [1.807, 2.05) is 0 Å². The number of nitrogens with one attached hydrogen (secondary N) is 2. The number of hydrogen-bond donors (Lipinski definition) is 2. The molecule has 0 aliphatic heterocycles. The standard InChI is InChI=1S/C19H14ClN5O3/c1-28-14-8-4-11(5-9-14)17-23-19-22-16(26)10-15(25(19)24-17)21-18(27)12-2-6-13(20)7-3-12/h2-10H,1H3,(H,21,27)(H,22,23,24,26). The van der Waals surface area contributed by atoms with Gasteiger partial charge in [0, 0.05) is 22.2 Å². The number of halogens is 1. The summed E-state index contributed by atoms with van der Waals surface area (Å²) in [6, 6.07) is 14.8. The summed E-state index contributed by atoms with van der Waals surface area (Å²) in [5, 5.41) is 7.61. The van der Waals surface area contributed by atoms with Crippen LogP contribution in [0.25, 0.3) is 17.2 Å². The molecule has 28 heavy (non-hydrogen) atoms. The third kappa shape index (κ3) is 3.45. The molecule has 2 heterocycles. The molecule has 2 aromatic carbocycles.